The highest BCUT2D eigenvalue weighted by atomic mass is 16.5. The van der Waals surface area contributed by atoms with Gasteiger partial charge in [0, 0.05) is 37.6 Å². The number of nitrogens with zero attached hydrogens (tertiary/aromatic N) is 3. The Balaban J connectivity index is 1.35. The van der Waals surface area contributed by atoms with Crippen molar-refractivity contribution in [3.05, 3.63) is 36.0 Å². The molecule has 0 radical (unpaired) electrons. The molecule has 27 heavy (non-hydrogen) atoms. The summed E-state index contributed by atoms with van der Waals surface area (Å²) in [4.78, 5) is 33.1. The summed E-state index contributed by atoms with van der Waals surface area (Å²) in [6.07, 6.45) is 2.19. The molecule has 2 fully saturated rings. The van der Waals surface area contributed by atoms with E-state index >= 15 is 0 Å². The van der Waals surface area contributed by atoms with Gasteiger partial charge < -0.3 is 15.0 Å². The monoisotopic (exact) mass is 368 g/mol. The van der Waals surface area contributed by atoms with Crippen LogP contribution in [0.4, 0.5) is 0 Å². The van der Waals surface area contributed by atoms with E-state index in [4.69, 9.17) is 4.74 Å². The minimum Gasteiger partial charge on any atom is -0.497 e. The van der Waals surface area contributed by atoms with E-state index in [9.17, 15) is 9.59 Å². The van der Waals surface area contributed by atoms with Gasteiger partial charge in [0.1, 0.15) is 11.4 Å². The third kappa shape index (κ3) is 4.19. The molecule has 0 atom stereocenters. The SMILES string of the molecule is COc1ccc2nc(C(=O)N3CCN(CC(=O)NC4CC4)CC3)ccc2c1. The molecule has 0 spiro atoms. The number of methoxy groups -OCH3 is 1. The van der Waals surface area contributed by atoms with E-state index in [0.29, 0.717) is 44.5 Å². The second kappa shape index (κ2) is 7.52. The second-order valence-electron chi connectivity index (χ2n) is 7.17. The number of piperazine rings is 1. The predicted octanol–water partition coefficient (Wildman–Crippen LogP) is 1.28. The fourth-order valence-electron chi connectivity index (χ4n) is 3.32. The zero-order valence-electron chi connectivity index (χ0n) is 15.5. The van der Waals surface area contributed by atoms with Gasteiger partial charge in [-0.2, -0.15) is 0 Å². The van der Waals surface area contributed by atoms with E-state index in [1.807, 2.05) is 29.2 Å². The smallest absolute Gasteiger partial charge is 0.272 e. The van der Waals surface area contributed by atoms with Crippen LogP contribution in [0.3, 0.4) is 0 Å². The first-order chi connectivity index (χ1) is 13.1. The Hall–Kier alpha value is -2.67. The molecule has 1 aromatic heterocycles. The number of amides is 2. The number of rotatable bonds is 5. The topological polar surface area (TPSA) is 74.8 Å². The summed E-state index contributed by atoms with van der Waals surface area (Å²) in [5, 5.41) is 3.95. The van der Waals surface area contributed by atoms with Gasteiger partial charge >= 0.3 is 0 Å². The first-order valence-corrected chi connectivity index (χ1v) is 9.38. The maximum Gasteiger partial charge on any atom is 0.272 e. The molecule has 2 aromatic rings. The van der Waals surface area contributed by atoms with E-state index < -0.39 is 0 Å². The number of benzene rings is 1. The van der Waals surface area contributed by atoms with E-state index in [1.54, 1.807) is 13.2 Å². The molecule has 2 heterocycles. The Bertz CT molecular complexity index is 857. The lowest BCUT2D eigenvalue weighted by Gasteiger charge is -2.34. The van der Waals surface area contributed by atoms with Gasteiger partial charge in [0.15, 0.2) is 0 Å². The van der Waals surface area contributed by atoms with Crippen molar-refractivity contribution in [2.75, 3.05) is 39.8 Å². The maximum atomic E-state index is 12.8. The maximum absolute atomic E-state index is 12.8. The van der Waals surface area contributed by atoms with Gasteiger partial charge in [-0.15, -0.1) is 0 Å². The molecule has 1 saturated heterocycles. The molecule has 7 nitrogen and oxygen atoms in total. The number of ether oxygens (including phenoxy) is 1. The van der Waals surface area contributed by atoms with Crippen LogP contribution in [0.5, 0.6) is 5.75 Å². The van der Waals surface area contributed by atoms with Crippen LogP contribution in [-0.4, -0.2) is 72.5 Å². The van der Waals surface area contributed by atoms with Crippen LogP contribution in [0.2, 0.25) is 0 Å². The largest absolute Gasteiger partial charge is 0.497 e. The molecule has 1 aliphatic carbocycles. The van der Waals surface area contributed by atoms with Gasteiger partial charge in [-0.1, -0.05) is 6.07 Å². The number of pyridine rings is 1. The molecule has 0 unspecified atom stereocenters. The average Bonchev–Trinajstić information content (AvgIpc) is 3.51. The first-order valence-electron chi connectivity index (χ1n) is 9.38. The van der Waals surface area contributed by atoms with Gasteiger partial charge in [0.05, 0.1) is 19.2 Å². The van der Waals surface area contributed by atoms with Gasteiger partial charge in [0.2, 0.25) is 5.91 Å². The minimum atomic E-state index is -0.0604. The quantitative estimate of drug-likeness (QED) is 0.861. The van der Waals surface area contributed by atoms with E-state index in [0.717, 1.165) is 29.5 Å². The third-order valence-electron chi connectivity index (χ3n) is 5.08. The summed E-state index contributed by atoms with van der Waals surface area (Å²) in [5.41, 5.74) is 1.23. The number of hydrogen-bond donors (Lipinski definition) is 1. The average molecular weight is 368 g/mol. The Kier molecular flexibility index (Phi) is 4.94. The number of carbonyl (C=O) groups is 2. The summed E-state index contributed by atoms with van der Waals surface area (Å²) in [5.74, 6) is 0.795. The molecule has 142 valence electrons. The van der Waals surface area contributed by atoms with Gasteiger partial charge in [-0.3, -0.25) is 14.5 Å². The van der Waals surface area contributed by atoms with Crippen molar-refractivity contribution < 1.29 is 14.3 Å². The van der Waals surface area contributed by atoms with Crippen LogP contribution in [0.1, 0.15) is 23.3 Å². The summed E-state index contributed by atoms with van der Waals surface area (Å²) in [7, 11) is 1.63. The van der Waals surface area contributed by atoms with Crippen LogP contribution in [0, 0.1) is 0 Å². The number of hydrogen-bond acceptors (Lipinski definition) is 5. The van der Waals surface area contributed by atoms with Crippen LogP contribution < -0.4 is 10.1 Å². The second-order valence-corrected chi connectivity index (χ2v) is 7.17. The molecule has 7 heteroatoms. The molecule has 1 aromatic carbocycles. The Morgan fingerprint density at radius 2 is 1.93 bits per heavy atom. The molecule has 1 saturated carbocycles. The van der Waals surface area contributed by atoms with Crippen LogP contribution >= 0.6 is 0 Å². The Morgan fingerprint density at radius 1 is 1.15 bits per heavy atom. The molecular formula is C20H24N4O3. The summed E-state index contributed by atoms with van der Waals surface area (Å²) >= 11 is 0. The normalized spacial score (nSPS) is 17.7. The van der Waals surface area contributed by atoms with Gasteiger partial charge in [0.25, 0.3) is 5.91 Å². The summed E-state index contributed by atoms with van der Waals surface area (Å²) in [6, 6.07) is 9.66. The lowest BCUT2D eigenvalue weighted by atomic mass is 10.2. The lowest BCUT2D eigenvalue weighted by Crippen LogP contribution is -2.51. The van der Waals surface area contributed by atoms with Crippen LogP contribution in [0.15, 0.2) is 30.3 Å². The zero-order valence-corrected chi connectivity index (χ0v) is 15.5. The van der Waals surface area contributed by atoms with Crippen molar-refractivity contribution >= 4 is 22.7 Å². The molecule has 2 amide bonds. The molecule has 4 rings (SSSR count). The molecule has 0 bridgehead atoms. The zero-order chi connectivity index (χ0) is 18.8. The van der Waals surface area contributed by atoms with Crippen LogP contribution in [-0.2, 0) is 4.79 Å². The van der Waals surface area contributed by atoms with E-state index in [2.05, 4.69) is 15.2 Å². The van der Waals surface area contributed by atoms with E-state index in [-0.39, 0.29) is 11.8 Å². The van der Waals surface area contributed by atoms with Gasteiger partial charge in [-0.05, 0) is 37.1 Å². The van der Waals surface area contributed by atoms with Crippen molar-refractivity contribution in [3.63, 3.8) is 0 Å². The van der Waals surface area contributed by atoms with Crippen molar-refractivity contribution in [3.8, 4) is 5.75 Å². The van der Waals surface area contributed by atoms with Crippen LogP contribution in [0.25, 0.3) is 10.9 Å². The van der Waals surface area contributed by atoms with E-state index in [1.165, 1.54) is 0 Å². The third-order valence-corrected chi connectivity index (χ3v) is 5.08. The summed E-state index contributed by atoms with van der Waals surface area (Å²) in [6.45, 7) is 3.04. The molecule has 1 N–H and O–H groups in total. The fourth-order valence-corrected chi connectivity index (χ4v) is 3.32. The summed E-state index contributed by atoms with van der Waals surface area (Å²) < 4.78 is 5.22. The van der Waals surface area contributed by atoms with Gasteiger partial charge in [-0.25, -0.2) is 4.98 Å². The number of aromatic nitrogens is 1. The standard InChI is InChI=1S/C20H24N4O3/c1-27-16-5-7-17-14(12-16)2-6-18(22-17)20(26)24-10-8-23(9-11-24)13-19(25)21-15-3-4-15/h2,5-7,12,15H,3-4,8-11,13H2,1H3,(H,21,25). The highest BCUT2D eigenvalue weighted by Gasteiger charge is 2.27. The number of fused-ring (bicyclic) bond motifs is 1. The van der Waals surface area contributed by atoms with Crippen molar-refractivity contribution in [2.45, 2.75) is 18.9 Å². The lowest BCUT2D eigenvalue weighted by molar-refractivity contribution is -0.122. The highest BCUT2D eigenvalue weighted by molar-refractivity contribution is 5.95. The Labute approximate surface area is 158 Å². The van der Waals surface area contributed by atoms with Crippen molar-refractivity contribution in [1.82, 2.24) is 20.1 Å². The Morgan fingerprint density at radius 3 is 2.63 bits per heavy atom. The minimum absolute atomic E-state index is 0.0604. The molecule has 1 aliphatic heterocycles. The first kappa shape index (κ1) is 17.7. The number of carbonyl (C=O) groups excluding carboxylic acids is 2. The number of nitrogens with one attached hydrogen (secondary N) is 1. The molecule has 2 aliphatic rings. The van der Waals surface area contributed by atoms with Crippen molar-refractivity contribution in [2.24, 2.45) is 0 Å². The van der Waals surface area contributed by atoms with Crippen molar-refractivity contribution in [1.29, 1.82) is 0 Å². The highest BCUT2D eigenvalue weighted by Crippen LogP contribution is 2.20. The predicted molar refractivity (Wildman–Crippen MR) is 102 cm³/mol. The fraction of sp³-hybridized carbons (Fsp3) is 0.450. The molecular weight excluding hydrogens is 344 g/mol.